The Morgan fingerprint density at radius 2 is 1.70 bits per heavy atom. The van der Waals surface area contributed by atoms with E-state index in [4.69, 9.17) is 4.74 Å². The highest BCUT2D eigenvalue weighted by molar-refractivity contribution is 5.78. The molecule has 1 aliphatic rings. The second-order valence-electron chi connectivity index (χ2n) is 4.41. The number of hydrogen-bond acceptors (Lipinski definition) is 1. The van der Waals surface area contributed by atoms with Gasteiger partial charge in [-0.05, 0) is 23.3 Å². The van der Waals surface area contributed by atoms with E-state index in [1.54, 1.807) is 0 Å². The molecule has 7 heteroatoms. The summed E-state index contributed by atoms with van der Waals surface area (Å²) in [6.45, 7) is 0. The van der Waals surface area contributed by atoms with E-state index in [0.717, 1.165) is 0 Å². The summed E-state index contributed by atoms with van der Waals surface area (Å²) in [7, 11) is 1.39. The highest BCUT2D eigenvalue weighted by atomic mass is 19.4. The molecule has 1 nitrogen and oxygen atoms in total. The monoisotopic (exact) mass is 296 g/mol. The fourth-order valence-corrected chi connectivity index (χ4v) is 2.08. The van der Waals surface area contributed by atoms with Crippen LogP contribution in [0.2, 0.25) is 0 Å². The van der Waals surface area contributed by atoms with Gasteiger partial charge >= 0.3 is 6.18 Å². The van der Waals surface area contributed by atoms with Gasteiger partial charge in [-0.25, -0.2) is 13.2 Å². The molecule has 1 unspecified atom stereocenters. The molecule has 2 rings (SSSR count). The van der Waals surface area contributed by atoms with E-state index in [1.807, 2.05) is 0 Å². The maximum absolute atomic E-state index is 13.2. The number of allylic oxidation sites excluding steroid dienone is 2. The lowest BCUT2D eigenvalue weighted by atomic mass is 9.77. The molecule has 0 saturated carbocycles. The zero-order valence-electron chi connectivity index (χ0n) is 10.3. The Hall–Kier alpha value is -1.66. The first-order chi connectivity index (χ1) is 9.16. The van der Waals surface area contributed by atoms with Crippen LogP contribution in [0.3, 0.4) is 0 Å². The van der Waals surface area contributed by atoms with Crippen molar-refractivity contribution in [3.63, 3.8) is 0 Å². The van der Waals surface area contributed by atoms with Gasteiger partial charge in [0.15, 0.2) is 0 Å². The van der Waals surface area contributed by atoms with E-state index in [0.29, 0.717) is 5.75 Å². The van der Waals surface area contributed by atoms with Gasteiger partial charge in [-0.1, -0.05) is 12.1 Å². The van der Waals surface area contributed by atoms with Crippen LogP contribution in [0, 0.1) is 0 Å². The van der Waals surface area contributed by atoms with Crippen molar-refractivity contribution in [2.75, 3.05) is 7.11 Å². The molecule has 1 aromatic rings. The molecular formula is C13H10F6O. The first kappa shape index (κ1) is 14.7. The molecule has 0 aliphatic heterocycles. The molecular weight excluding hydrogens is 286 g/mol. The molecule has 0 heterocycles. The van der Waals surface area contributed by atoms with E-state index < -0.39 is 30.3 Å². The van der Waals surface area contributed by atoms with Crippen molar-refractivity contribution in [3.05, 3.63) is 35.4 Å². The van der Waals surface area contributed by atoms with E-state index in [9.17, 15) is 26.3 Å². The van der Waals surface area contributed by atoms with Crippen molar-refractivity contribution in [2.45, 2.75) is 24.7 Å². The molecule has 0 fully saturated rings. The average Bonchev–Trinajstić information content (AvgIpc) is 2.35. The van der Waals surface area contributed by atoms with Crippen molar-refractivity contribution < 1.29 is 31.1 Å². The van der Waals surface area contributed by atoms with Gasteiger partial charge in [0, 0.05) is 12.0 Å². The van der Waals surface area contributed by atoms with Gasteiger partial charge in [0.25, 0.3) is 5.92 Å². The first-order valence-corrected chi connectivity index (χ1v) is 5.63. The van der Waals surface area contributed by atoms with Crippen molar-refractivity contribution in [3.8, 4) is 5.75 Å². The lowest BCUT2D eigenvalue weighted by molar-refractivity contribution is -0.180. The standard InChI is InChI=1S/C13H10F6O/c1-20-8-4-2-7(3-5-8)9-6-12(15,16)10(9)11(14)13(17,18)19/h2-5,11H,6H2,1H3. The number of alkyl halides is 6. The molecule has 20 heavy (non-hydrogen) atoms. The Labute approximate surface area is 110 Å². The first-order valence-electron chi connectivity index (χ1n) is 5.63. The molecule has 0 radical (unpaired) electrons. The lowest BCUT2D eigenvalue weighted by Gasteiger charge is -2.36. The highest BCUT2D eigenvalue weighted by Crippen LogP contribution is 2.53. The average molecular weight is 296 g/mol. The quantitative estimate of drug-likeness (QED) is 0.752. The molecule has 0 aromatic heterocycles. The van der Waals surface area contributed by atoms with Crippen molar-refractivity contribution >= 4 is 5.57 Å². The minimum Gasteiger partial charge on any atom is -0.497 e. The number of hydrogen-bond donors (Lipinski definition) is 0. The summed E-state index contributed by atoms with van der Waals surface area (Å²) >= 11 is 0. The Morgan fingerprint density at radius 1 is 1.15 bits per heavy atom. The second-order valence-corrected chi connectivity index (χ2v) is 4.41. The maximum Gasteiger partial charge on any atom is 0.423 e. The van der Waals surface area contributed by atoms with Crippen molar-refractivity contribution in [1.82, 2.24) is 0 Å². The third-order valence-electron chi connectivity index (χ3n) is 3.10. The Morgan fingerprint density at radius 3 is 2.10 bits per heavy atom. The molecule has 0 spiro atoms. The minimum absolute atomic E-state index is 0.138. The topological polar surface area (TPSA) is 9.23 Å². The number of benzene rings is 1. The number of rotatable bonds is 3. The summed E-state index contributed by atoms with van der Waals surface area (Å²) < 4.78 is 81.5. The third kappa shape index (κ3) is 2.48. The van der Waals surface area contributed by atoms with E-state index in [1.165, 1.54) is 31.4 Å². The number of methoxy groups -OCH3 is 1. The Bertz CT molecular complexity index is 529. The zero-order valence-corrected chi connectivity index (χ0v) is 10.3. The van der Waals surface area contributed by atoms with E-state index >= 15 is 0 Å². The van der Waals surface area contributed by atoms with Gasteiger partial charge in [-0.15, -0.1) is 0 Å². The normalized spacial score (nSPS) is 19.6. The lowest BCUT2D eigenvalue weighted by Crippen LogP contribution is -2.42. The zero-order chi connectivity index (χ0) is 15.1. The number of ether oxygens (including phenoxy) is 1. The van der Waals surface area contributed by atoms with Gasteiger partial charge < -0.3 is 4.74 Å². The molecule has 1 aromatic carbocycles. The fourth-order valence-electron chi connectivity index (χ4n) is 2.08. The summed E-state index contributed by atoms with van der Waals surface area (Å²) in [5.74, 6) is -3.33. The van der Waals surface area contributed by atoms with Crippen LogP contribution >= 0.6 is 0 Å². The Kier molecular flexibility index (Phi) is 3.47. The van der Waals surface area contributed by atoms with Crippen LogP contribution in [0.25, 0.3) is 5.57 Å². The summed E-state index contributed by atoms with van der Waals surface area (Å²) in [6, 6.07) is 5.48. The predicted molar refractivity (Wildman–Crippen MR) is 60.4 cm³/mol. The van der Waals surface area contributed by atoms with Crippen LogP contribution in [0.5, 0.6) is 5.75 Å². The smallest absolute Gasteiger partial charge is 0.423 e. The van der Waals surface area contributed by atoms with Gasteiger partial charge in [-0.3, -0.25) is 0 Å². The predicted octanol–water partition coefficient (Wildman–Crippen LogP) is 4.39. The van der Waals surface area contributed by atoms with Crippen LogP contribution < -0.4 is 4.74 Å². The molecule has 0 N–H and O–H groups in total. The van der Waals surface area contributed by atoms with Gasteiger partial charge in [-0.2, -0.15) is 13.2 Å². The van der Waals surface area contributed by atoms with E-state index in [-0.39, 0.29) is 11.1 Å². The van der Waals surface area contributed by atoms with Gasteiger partial charge in [0.2, 0.25) is 6.17 Å². The summed E-state index contributed by atoms with van der Waals surface area (Å²) in [5, 5.41) is 0. The SMILES string of the molecule is COc1ccc(C2=C(C(F)C(F)(F)F)C(F)(F)C2)cc1. The van der Waals surface area contributed by atoms with Crippen LogP contribution in [0.15, 0.2) is 29.8 Å². The molecule has 110 valence electrons. The third-order valence-corrected chi connectivity index (χ3v) is 3.10. The largest absolute Gasteiger partial charge is 0.497 e. The molecule has 0 bridgehead atoms. The molecule has 0 amide bonds. The van der Waals surface area contributed by atoms with Crippen LogP contribution in [-0.2, 0) is 0 Å². The summed E-state index contributed by atoms with van der Waals surface area (Å²) in [5.41, 5.74) is -1.66. The van der Waals surface area contributed by atoms with E-state index in [2.05, 4.69) is 0 Å². The molecule has 1 aliphatic carbocycles. The maximum atomic E-state index is 13.2. The van der Waals surface area contributed by atoms with Crippen LogP contribution in [0.4, 0.5) is 26.3 Å². The van der Waals surface area contributed by atoms with Gasteiger partial charge in [0.05, 0.1) is 7.11 Å². The number of halogens is 6. The molecule has 0 saturated heterocycles. The second kappa shape index (κ2) is 4.71. The fraction of sp³-hybridized carbons (Fsp3) is 0.385. The minimum atomic E-state index is -5.34. The van der Waals surface area contributed by atoms with Crippen LogP contribution in [0.1, 0.15) is 12.0 Å². The summed E-state index contributed by atoms with van der Waals surface area (Å²) in [6.07, 6.45) is -9.88. The summed E-state index contributed by atoms with van der Waals surface area (Å²) in [4.78, 5) is 0. The highest BCUT2D eigenvalue weighted by Gasteiger charge is 2.58. The van der Waals surface area contributed by atoms with Crippen molar-refractivity contribution in [1.29, 1.82) is 0 Å². The Balaban J connectivity index is 2.42. The molecule has 1 atom stereocenters. The van der Waals surface area contributed by atoms with Crippen LogP contribution in [-0.4, -0.2) is 25.4 Å². The van der Waals surface area contributed by atoms with Gasteiger partial charge in [0.1, 0.15) is 5.75 Å². The van der Waals surface area contributed by atoms with Crippen molar-refractivity contribution in [2.24, 2.45) is 0 Å².